The summed E-state index contributed by atoms with van der Waals surface area (Å²) in [6.07, 6.45) is 0. The third kappa shape index (κ3) is 8.89. The molecule has 250 valence electrons. The van der Waals surface area contributed by atoms with Crippen molar-refractivity contribution in [2.24, 2.45) is 0 Å². The Morgan fingerprint density at radius 3 is 1.79 bits per heavy atom. The van der Waals surface area contributed by atoms with Crippen LogP contribution in [0, 0.1) is 0 Å². The van der Waals surface area contributed by atoms with Gasteiger partial charge in [0.05, 0.1) is 10.9 Å². The minimum atomic E-state index is -3.82. The van der Waals surface area contributed by atoms with Crippen LogP contribution in [0.15, 0.2) is 132 Å². The number of rotatable bonds is 15. The molecule has 5 aromatic carbocycles. The molecule has 1 unspecified atom stereocenters. The monoisotopic (exact) mass is 662 g/mol. The highest BCUT2D eigenvalue weighted by molar-refractivity contribution is 7.89. The Labute approximate surface area is 285 Å². The van der Waals surface area contributed by atoms with Gasteiger partial charge in [-0.3, -0.25) is 0 Å². The standard InChI is InChI=1S/C40H46N4O3S/c1-4-42(5-2)27-28-43(40(45)41-32(3)38-22-14-20-36-19-12-13-21-39(36)38)29-35-23-25-37(26-24-35)48(46,47)44(30-33-15-8-6-9-16-33)31-34-17-10-7-11-18-34/h6-26,32H,4-5,27-31H2,1-3H3,(H,41,45). The summed E-state index contributed by atoms with van der Waals surface area (Å²) < 4.78 is 29.6. The molecule has 0 saturated heterocycles. The van der Waals surface area contributed by atoms with Crippen LogP contribution in [0.1, 0.15) is 49.1 Å². The van der Waals surface area contributed by atoms with Gasteiger partial charge in [-0.05, 0) is 65.2 Å². The van der Waals surface area contributed by atoms with E-state index in [9.17, 15) is 13.2 Å². The largest absolute Gasteiger partial charge is 0.331 e. The zero-order valence-corrected chi connectivity index (χ0v) is 28.9. The van der Waals surface area contributed by atoms with E-state index < -0.39 is 10.0 Å². The average molecular weight is 663 g/mol. The Balaban J connectivity index is 1.35. The van der Waals surface area contributed by atoms with E-state index >= 15 is 0 Å². The van der Waals surface area contributed by atoms with Crippen LogP contribution in [0.3, 0.4) is 0 Å². The summed E-state index contributed by atoms with van der Waals surface area (Å²) in [7, 11) is -3.82. The molecule has 0 aliphatic heterocycles. The molecular formula is C40H46N4O3S. The highest BCUT2D eigenvalue weighted by Crippen LogP contribution is 2.25. The molecule has 0 radical (unpaired) electrons. The molecule has 0 heterocycles. The van der Waals surface area contributed by atoms with Crippen LogP contribution in [0.5, 0.6) is 0 Å². The van der Waals surface area contributed by atoms with Gasteiger partial charge in [-0.15, -0.1) is 0 Å². The summed E-state index contributed by atoms with van der Waals surface area (Å²) in [5.74, 6) is 0. The van der Waals surface area contributed by atoms with Crippen molar-refractivity contribution < 1.29 is 13.2 Å². The molecule has 0 bridgehead atoms. The topological polar surface area (TPSA) is 73.0 Å². The second-order valence-electron chi connectivity index (χ2n) is 12.1. The summed E-state index contributed by atoms with van der Waals surface area (Å²) in [6, 6.07) is 40.3. The molecule has 5 rings (SSSR count). The molecule has 0 aliphatic carbocycles. The van der Waals surface area contributed by atoms with E-state index in [2.05, 4.69) is 48.3 Å². The van der Waals surface area contributed by atoms with Gasteiger partial charge in [-0.25, -0.2) is 13.2 Å². The van der Waals surface area contributed by atoms with Crippen LogP contribution in [0.25, 0.3) is 10.8 Å². The zero-order valence-electron chi connectivity index (χ0n) is 28.1. The molecule has 8 heteroatoms. The van der Waals surface area contributed by atoms with Crippen LogP contribution < -0.4 is 5.32 Å². The first-order chi connectivity index (χ1) is 23.3. The predicted molar refractivity (Wildman–Crippen MR) is 195 cm³/mol. The lowest BCUT2D eigenvalue weighted by Gasteiger charge is -2.28. The molecule has 7 nitrogen and oxygen atoms in total. The smallest absolute Gasteiger partial charge is 0.318 e. The number of nitrogens with zero attached hydrogens (tertiary/aromatic N) is 3. The number of hydrogen-bond acceptors (Lipinski definition) is 4. The molecule has 5 aromatic rings. The van der Waals surface area contributed by atoms with Gasteiger partial charge in [0.25, 0.3) is 0 Å². The van der Waals surface area contributed by atoms with Crippen LogP contribution in [0.4, 0.5) is 4.79 Å². The Morgan fingerprint density at radius 1 is 0.646 bits per heavy atom. The fourth-order valence-corrected chi connectivity index (χ4v) is 7.39. The maximum Gasteiger partial charge on any atom is 0.318 e. The van der Waals surface area contributed by atoms with E-state index in [4.69, 9.17) is 0 Å². The van der Waals surface area contributed by atoms with Crippen LogP contribution in [-0.2, 0) is 29.7 Å². The maximum absolute atomic E-state index is 14.0. The van der Waals surface area contributed by atoms with Gasteiger partial charge in [0.2, 0.25) is 10.0 Å². The molecule has 1 atom stereocenters. The summed E-state index contributed by atoms with van der Waals surface area (Å²) in [5.41, 5.74) is 3.76. The molecule has 0 saturated carbocycles. The lowest BCUT2D eigenvalue weighted by molar-refractivity contribution is 0.179. The summed E-state index contributed by atoms with van der Waals surface area (Å²) in [4.78, 5) is 18.1. The first kappa shape index (κ1) is 34.8. The second-order valence-corrected chi connectivity index (χ2v) is 14.0. The Morgan fingerprint density at radius 2 is 1.19 bits per heavy atom. The highest BCUT2D eigenvalue weighted by atomic mass is 32.2. The molecule has 0 spiro atoms. The van der Waals surface area contributed by atoms with Crippen LogP contribution in [0.2, 0.25) is 0 Å². The Bertz CT molecular complexity index is 1820. The Kier molecular flexibility index (Phi) is 12.0. The third-order valence-electron chi connectivity index (χ3n) is 8.84. The lowest BCUT2D eigenvalue weighted by atomic mass is 10.00. The van der Waals surface area contributed by atoms with Crippen molar-refractivity contribution in [3.63, 3.8) is 0 Å². The fourth-order valence-electron chi connectivity index (χ4n) is 5.97. The number of amides is 2. The minimum Gasteiger partial charge on any atom is -0.331 e. The fraction of sp³-hybridized carbons (Fsp3) is 0.275. The average Bonchev–Trinajstić information content (AvgIpc) is 3.12. The SMILES string of the molecule is CCN(CC)CCN(Cc1ccc(S(=O)(=O)N(Cc2ccccc2)Cc2ccccc2)cc1)C(=O)NC(C)c1cccc2ccccc12. The van der Waals surface area contributed by atoms with E-state index in [0.717, 1.165) is 52.7 Å². The second kappa shape index (κ2) is 16.6. The number of sulfonamides is 1. The van der Waals surface area contributed by atoms with Crippen molar-refractivity contribution in [2.45, 2.75) is 51.3 Å². The van der Waals surface area contributed by atoms with Gasteiger partial charge in [0.15, 0.2) is 0 Å². The third-order valence-corrected chi connectivity index (χ3v) is 10.6. The quantitative estimate of drug-likeness (QED) is 0.124. The molecule has 0 aliphatic rings. The van der Waals surface area contributed by atoms with Crippen LogP contribution >= 0.6 is 0 Å². The van der Waals surface area contributed by atoms with Crippen molar-refractivity contribution in [1.29, 1.82) is 0 Å². The zero-order chi connectivity index (χ0) is 33.9. The number of carbonyl (C=O) groups is 1. The van der Waals surface area contributed by atoms with Gasteiger partial charge in [0, 0.05) is 32.7 Å². The van der Waals surface area contributed by atoms with Gasteiger partial charge in [0.1, 0.15) is 0 Å². The number of nitrogens with one attached hydrogen (secondary N) is 1. The van der Waals surface area contributed by atoms with Crippen molar-refractivity contribution in [2.75, 3.05) is 26.2 Å². The van der Waals surface area contributed by atoms with Crippen molar-refractivity contribution in [3.8, 4) is 0 Å². The summed E-state index contributed by atoms with van der Waals surface area (Å²) in [5, 5.41) is 5.48. The van der Waals surface area contributed by atoms with Gasteiger partial charge in [-0.1, -0.05) is 129 Å². The van der Waals surface area contributed by atoms with Gasteiger partial charge in [-0.2, -0.15) is 4.31 Å². The number of fused-ring (bicyclic) bond motifs is 1. The highest BCUT2D eigenvalue weighted by Gasteiger charge is 2.26. The van der Waals surface area contributed by atoms with E-state index in [1.807, 2.05) is 103 Å². The van der Waals surface area contributed by atoms with E-state index in [1.54, 1.807) is 12.1 Å². The number of carbonyl (C=O) groups excluding carboxylic acids is 1. The van der Waals surface area contributed by atoms with Crippen molar-refractivity contribution in [3.05, 3.63) is 150 Å². The van der Waals surface area contributed by atoms with E-state index in [1.165, 1.54) is 4.31 Å². The van der Waals surface area contributed by atoms with Crippen LogP contribution in [-0.4, -0.2) is 54.7 Å². The predicted octanol–water partition coefficient (Wildman–Crippen LogP) is 7.85. The Hall–Kier alpha value is -4.50. The molecule has 0 fully saturated rings. The molecule has 1 N–H and O–H groups in total. The first-order valence-electron chi connectivity index (χ1n) is 16.7. The van der Waals surface area contributed by atoms with Gasteiger partial charge >= 0.3 is 6.03 Å². The van der Waals surface area contributed by atoms with Gasteiger partial charge < -0.3 is 15.1 Å². The van der Waals surface area contributed by atoms with E-state index in [-0.39, 0.29) is 30.1 Å². The maximum atomic E-state index is 14.0. The summed E-state index contributed by atoms with van der Waals surface area (Å²) in [6.45, 7) is 10.2. The minimum absolute atomic E-state index is 0.156. The normalized spacial score (nSPS) is 12.4. The number of benzene rings is 5. The summed E-state index contributed by atoms with van der Waals surface area (Å²) >= 11 is 0. The molecule has 2 amide bonds. The molecule has 48 heavy (non-hydrogen) atoms. The number of hydrogen-bond donors (Lipinski definition) is 1. The molecular weight excluding hydrogens is 617 g/mol. The number of likely N-dealkylation sites (N-methyl/N-ethyl adjacent to an activating group) is 1. The molecule has 0 aromatic heterocycles. The van der Waals surface area contributed by atoms with Crippen molar-refractivity contribution >= 4 is 26.8 Å². The van der Waals surface area contributed by atoms with Crippen molar-refractivity contribution in [1.82, 2.24) is 19.4 Å². The van der Waals surface area contributed by atoms with E-state index in [0.29, 0.717) is 13.1 Å². The first-order valence-corrected chi connectivity index (χ1v) is 18.1. The number of urea groups is 1. The lowest BCUT2D eigenvalue weighted by Crippen LogP contribution is -2.44.